The summed E-state index contributed by atoms with van der Waals surface area (Å²) in [6.07, 6.45) is 0. The minimum atomic E-state index is -1.80. The van der Waals surface area contributed by atoms with E-state index >= 15 is 0 Å². The van der Waals surface area contributed by atoms with Gasteiger partial charge in [0.05, 0.1) is 0 Å². The van der Waals surface area contributed by atoms with Gasteiger partial charge < -0.3 is 0 Å². The molecular weight excluding hydrogens is 287 g/mol. The highest BCUT2D eigenvalue weighted by molar-refractivity contribution is 7.93. The summed E-state index contributed by atoms with van der Waals surface area (Å²) in [5.74, 6) is 0. The number of hydrogen-bond donors (Lipinski definition) is 0. The monoisotopic (exact) mass is 294 g/mol. The lowest BCUT2D eigenvalue weighted by Crippen LogP contribution is -2.07. The Morgan fingerprint density at radius 2 is 1.88 bits per heavy atom. The highest BCUT2D eigenvalue weighted by Gasteiger charge is 2.26. The van der Waals surface area contributed by atoms with Crippen LogP contribution in [0.1, 0.15) is 12.5 Å². The third-order valence-corrected chi connectivity index (χ3v) is 3.97. The molecule has 1 aromatic rings. The van der Waals surface area contributed by atoms with E-state index in [9.17, 15) is 4.21 Å². The number of benzene rings is 1. The largest absolute Gasteiger partial charge is 0.270 e. The van der Waals surface area contributed by atoms with Crippen molar-refractivity contribution in [1.82, 2.24) is 0 Å². The third kappa shape index (κ3) is 4.32. The van der Waals surface area contributed by atoms with Gasteiger partial charge in [-0.05, 0) is 18.1 Å². The van der Waals surface area contributed by atoms with Crippen LogP contribution in [-0.4, -0.2) is 7.33 Å². The fraction of sp³-hybridized carbons (Fsp3) is 0.182. The molecule has 1 atom stereocenters. The van der Waals surface area contributed by atoms with Crippen molar-refractivity contribution >= 4 is 51.2 Å². The van der Waals surface area contributed by atoms with Crippen LogP contribution in [0, 0.1) is 0 Å². The molecule has 0 spiro atoms. The van der Waals surface area contributed by atoms with Gasteiger partial charge in [-0.1, -0.05) is 65.1 Å². The summed E-state index contributed by atoms with van der Waals surface area (Å²) in [6, 6.07) is 9.58. The van der Waals surface area contributed by atoms with E-state index in [-0.39, 0.29) is 0 Å². The first kappa shape index (κ1) is 13.8. The number of halogens is 3. The number of allylic oxidation sites excluding steroid dienone is 1. The molecule has 0 radical (unpaired) electrons. The van der Waals surface area contributed by atoms with Gasteiger partial charge in [-0.2, -0.15) is 0 Å². The first-order chi connectivity index (χ1) is 7.41. The van der Waals surface area contributed by atoms with Crippen LogP contribution in [-0.2, 0) is 10.8 Å². The molecule has 0 fully saturated rings. The normalized spacial score (nSPS) is 12.8. The van der Waals surface area contributed by atoms with Crippen molar-refractivity contribution in [3.05, 3.63) is 47.0 Å². The van der Waals surface area contributed by atoms with Crippen molar-refractivity contribution in [2.75, 3.05) is 0 Å². The summed E-state index contributed by atoms with van der Waals surface area (Å²) in [7, 11) is -1.69. The van der Waals surface area contributed by atoms with Gasteiger partial charge in [-0.15, -0.1) is 5.73 Å². The van der Waals surface area contributed by atoms with Crippen LogP contribution in [0.4, 0.5) is 0 Å². The van der Waals surface area contributed by atoms with Gasteiger partial charge in [0.2, 0.25) is 0 Å². The fourth-order valence-electron chi connectivity index (χ4n) is 0.980. The molecule has 0 N–H and O–H groups in total. The summed E-state index contributed by atoms with van der Waals surface area (Å²) in [5, 5.41) is 1.26. The van der Waals surface area contributed by atoms with Crippen LogP contribution in [0.5, 0.6) is 0 Å². The summed E-state index contributed by atoms with van der Waals surface area (Å²) in [4.78, 5) is 0. The molecule has 0 aromatic heterocycles. The zero-order valence-electron chi connectivity index (χ0n) is 8.41. The molecule has 0 amide bonds. The van der Waals surface area contributed by atoms with Crippen LogP contribution in [0.15, 0.2) is 41.5 Å². The zero-order valence-corrected chi connectivity index (χ0v) is 11.5. The van der Waals surface area contributed by atoms with Gasteiger partial charge in [-0.25, -0.2) is 4.21 Å². The number of rotatable bonds is 2. The van der Waals surface area contributed by atoms with Crippen molar-refractivity contribution in [2.24, 2.45) is 0 Å². The number of alkyl halides is 3. The van der Waals surface area contributed by atoms with Crippen LogP contribution < -0.4 is 0 Å². The predicted octanol–water partition coefficient (Wildman–Crippen LogP) is 4.28. The van der Waals surface area contributed by atoms with Crippen LogP contribution in [0.3, 0.4) is 0 Å². The van der Waals surface area contributed by atoms with Gasteiger partial charge in [0.25, 0.3) is 3.12 Å². The standard InChI is InChI=1S/C11H9Cl3OS/c1-9(10-5-3-2-4-6-10)7-8-16(15)11(12,13)14/h2-6,8H,1H3. The SMILES string of the molecule is CC(=C=CS(=O)C(Cl)(Cl)Cl)c1ccccc1. The van der Waals surface area contributed by atoms with Crippen molar-refractivity contribution in [2.45, 2.75) is 10.0 Å². The smallest absolute Gasteiger partial charge is 0.250 e. The van der Waals surface area contributed by atoms with Gasteiger partial charge in [0, 0.05) is 5.41 Å². The summed E-state index contributed by atoms with van der Waals surface area (Å²) >= 11 is 16.4. The van der Waals surface area contributed by atoms with Gasteiger partial charge in [0.1, 0.15) is 10.8 Å². The van der Waals surface area contributed by atoms with Crippen LogP contribution in [0.2, 0.25) is 0 Å². The first-order valence-corrected chi connectivity index (χ1v) is 6.72. The molecule has 16 heavy (non-hydrogen) atoms. The summed E-state index contributed by atoms with van der Waals surface area (Å²) in [6.45, 7) is 1.85. The van der Waals surface area contributed by atoms with E-state index in [1.807, 2.05) is 37.3 Å². The maximum Gasteiger partial charge on any atom is 0.270 e. The Balaban J connectivity index is 2.94. The Hall–Kier alpha value is -0.240. The lowest BCUT2D eigenvalue weighted by atomic mass is 10.1. The molecule has 0 aliphatic rings. The minimum absolute atomic E-state index is 0.836. The molecule has 0 aliphatic carbocycles. The van der Waals surface area contributed by atoms with E-state index < -0.39 is 13.9 Å². The van der Waals surface area contributed by atoms with Gasteiger partial charge in [0.15, 0.2) is 0 Å². The second-order valence-corrected chi connectivity index (χ2v) is 7.39. The third-order valence-electron chi connectivity index (χ3n) is 1.82. The average molecular weight is 296 g/mol. The predicted molar refractivity (Wildman–Crippen MR) is 72.0 cm³/mol. The Morgan fingerprint density at radius 3 is 2.38 bits per heavy atom. The van der Waals surface area contributed by atoms with Gasteiger partial charge in [-0.3, -0.25) is 0 Å². The second-order valence-electron chi connectivity index (χ2n) is 3.00. The number of hydrogen-bond acceptors (Lipinski definition) is 1. The molecule has 86 valence electrons. The van der Waals surface area contributed by atoms with E-state index in [0.717, 1.165) is 11.1 Å². The quantitative estimate of drug-likeness (QED) is 0.588. The van der Waals surface area contributed by atoms with E-state index in [2.05, 4.69) is 5.73 Å². The first-order valence-electron chi connectivity index (χ1n) is 4.37. The molecule has 0 saturated carbocycles. The minimum Gasteiger partial charge on any atom is -0.250 e. The molecule has 1 nitrogen and oxygen atoms in total. The Kier molecular flexibility index (Phi) is 5.10. The highest BCUT2D eigenvalue weighted by Crippen LogP contribution is 2.30. The van der Waals surface area contributed by atoms with Crippen LogP contribution >= 0.6 is 34.8 Å². The second kappa shape index (κ2) is 5.90. The fourth-order valence-corrected chi connectivity index (χ4v) is 1.80. The Labute approximate surface area is 112 Å². The Bertz CT molecular complexity index is 442. The van der Waals surface area contributed by atoms with E-state index in [0.29, 0.717) is 0 Å². The highest BCUT2D eigenvalue weighted by atomic mass is 35.6. The maximum atomic E-state index is 11.4. The average Bonchev–Trinajstić information content (AvgIpc) is 2.25. The Morgan fingerprint density at radius 1 is 1.31 bits per heavy atom. The van der Waals surface area contributed by atoms with Crippen LogP contribution in [0.25, 0.3) is 5.57 Å². The van der Waals surface area contributed by atoms with Crippen molar-refractivity contribution in [3.8, 4) is 0 Å². The molecule has 5 heteroatoms. The molecule has 0 heterocycles. The maximum absolute atomic E-state index is 11.4. The molecule has 0 bridgehead atoms. The summed E-state index contributed by atoms with van der Waals surface area (Å²) in [5.41, 5.74) is 4.67. The topological polar surface area (TPSA) is 17.1 Å². The summed E-state index contributed by atoms with van der Waals surface area (Å²) < 4.78 is 9.58. The molecule has 1 aromatic carbocycles. The molecular formula is C11H9Cl3OS. The lowest BCUT2D eigenvalue weighted by Gasteiger charge is -2.04. The van der Waals surface area contributed by atoms with Crippen molar-refractivity contribution < 1.29 is 4.21 Å². The van der Waals surface area contributed by atoms with Crippen molar-refractivity contribution in [1.29, 1.82) is 0 Å². The van der Waals surface area contributed by atoms with Crippen molar-refractivity contribution in [3.63, 3.8) is 0 Å². The van der Waals surface area contributed by atoms with E-state index in [1.165, 1.54) is 5.41 Å². The lowest BCUT2D eigenvalue weighted by molar-refractivity contribution is 0.688. The molecule has 0 aliphatic heterocycles. The van der Waals surface area contributed by atoms with E-state index in [1.54, 1.807) is 0 Å². The van der Waals surface area contributed by atoms with E-state index in [4.69, 9.17) is 34.8 Å². The molecule has 0 saturated heterocycles. The zero-order chi connectivity index (χ0) is 12.2. The van der Waals surface area contributed by atoms with Gasteiger partial charge >= 0.3 is 0 Å². The molecule has 1 unspecified atom stereocenters. The molecule has 1 rings (SSSR count).